The molecule has 1 atom stereocenters. The number of hydrogen-bond donors (Lipinski definition) is 2. The first-order chi connectivity index (χ1) is 10.1. The molecule has 0 spiro atoms. The van der Waals surface area contributed by atoms with Crippen molar-refractivity contribution in [2.45, 2.75) is 19.8 Å². The number of amides is 1. The van der Waals surface area contributed by atoms with Crippen molar-refractivity contribution in [1.82, 2.24) is 14.5 Å². The third-order valence-corrected chi connectivity index (χ3v) is 3.28. The predicted octanol–water partition coefficient (Wildman–Crippen LogP) is 1.72. The fraction of sp³-hybridized carbons (Fsp3) is 0.200. The fourth-order valence-corrected chi connectivity index (χ4v) is 2.13. The maximum Gasteiger partial charge on any atom is 0.275 e. The van der Waals surface area contributed by atoms with E-state index in [9.17, 15) is 9.90 Å². The number of para-hydroxylation sites is 1. The molecule has 2 heterocycles. The van der Waals surface area contributed by atoms with E-state index in [-0.39, 0.29) is 5.91 Å². The maximum absolute atomic E-state index is 12.2. The monoisotopic (exact) mass is 284 g/mol. The molecule has 3 rings (SSSR count). The van der Waals surface area contributed by atoms with Crippen LogP contribution < -0.4 is 5.32 Å². The Morgan fingerprint density at radius 1 is 1.38 bits per heavy atom. The average Bonchev–Trinajstić information content (AvgIpc) is 2.91. The number of hydrogen-bond acceptors (Lipinski definition) is 4. The van der Waals surface area contributed by atoms with Crippen LogP contribution in [0.25, 0.3) is 6.08 Å². The molecule has 6 nitrogen and oxygen atoms in total. The molecule has 6 heteroatoms. The SMILES string of the molecule is CC(O)N1C=Cc2nc(C(=O)Nc3ccccc3)cn2C1. The van der Waals surface area contributed by atoms with E-state index >= 15 is 0 Å². The normalized spacial score (nSPS) is 14.7. The van der Waals surface area contributed by atoms with E-state index < -0.39 is 6.23 Å². The lowest BCUT2D eigenvalue weighted by Crippen LogP contribution is -2.31. The number of nitrogens with one attached hydrogen (secondary N) is 1. The summed E-state index contributed by atoms with van der Waals surface area (Å²) in [5, 5.41) is 12.4. The Labute approximate surface area is 122 Å². The first-order valence-electron chi connectivity index (χ1n) is 6.69. The topological polar surface area (TPSA) is 70.4 Å². The average molecular weight is 284 g/mol. The first-order valence-corrected chi connectivity index (χ1v) is 6.69. The lowest BCUT2D eigenvalue weighted by atomic mass is 10.3. The number of imidazole rings is 1. The van der Waals surface area contributed by atoms with Gasteiger partial charge >= 0.3 is 0 Å². The minimum absolute atomic E-state index is 0.250. The zero-order valence-corrected chi connectivity index (χ0v) is 11.6. The second-order valence-electron chi connectivity index (χ2n) is 4.88. The van der Waals surface area contributed by atoms with Gasteiger partial charge in [-0.3, -0.25) is 4.79 Å². The van der Waals surface area contributed by atoms with Crippen LogP contribution in [0.3, 0.4) is 0 Å². The van der Waals surface area contributed by atoms with E-state index in [1.165, 1.54) is 0 Å². The molecule has 1 unspecified atom stereocenters. The Bertz CT molecular complexity index is 676. The van der Waals surface area contributed by atoms with Gasteiger partial charge in [0.2, 0.25) is 0 Å². The number of nitrogens with zero attached hydrogens (tertiary/aromatic N) is 3. The summed E-state index contributed by atoms with van der Waals surface area (Å²) in [7, 11) is 0. The van der Waals surface area contributed by atoms with Gasteiger partial charge in [-0.1, -0.05) is 18.2 Å². The molecule has 2 N–H and O–H groups in total. The highest BCUT2D eigenvalue weighted by Gasteiger charge is 2.18. The van der Waals surface area contributed by atoms with Crippen LogP contribution in [0.2, 0.25) is 0 Å². The first kappa shape index (κ1) is 13.4. The lowest BCUT2D eigenvalue weighted by Gasteiger charge is -2.27. The third kappa shape index (κ3) is 2.80. The number of aliphatic hydroxyl groups excluding tert-OH is 1. The summed E-state index contributed by atoms with van der Waals surface area (Å²) in [6.07, 6.45) is 4.65. The summed E-state index contributed by atoms with van der Waals surface area (Å²) in [5.41, 5.74) is 1.08. The molecular formula is C15H16N4O2. The highest BCUT2D eigenvalue weighted by Crippen LogP contribution is 2.16. The van der Waals surface area contributed by atoms with Crippen molar-refractivity contribution < 1.29 is 9.90 Å². The number of fused-ring (bicyclic) bond motifs is 1. The summed E-state index contributed by atoms with van der Waals surface area (Å²) in [5.74, 6) is 0.449. The molecule has 0 aliphatic carbocycles. The number of anilines is 1. The molecule has 0 saturated carbocycles. The molecule has 0 saturated heterocycles. The van der Waals surface area contributed by atoms with Crippen molar-refractivity contribution in [3.05, 3.63) is 54.2 Å². The molecule has 1 amide bonds. The van der Waals surface area contributed by atoms with Gasteiger partial charge in [-0.25, -0.2) is 4.98 Å². The van der Waals surface area contributed by atoms with Gasteiger partial charge in [0.1, 0.15) is 17.7 Å². The van der Waals surface area contributed by atoms with E-state index in [2.05, 4.69) is 10.3 Å². The molecule has 1 aromatic heterocycles. The van der Waals surface area contributed by atoms with E-state index in [1.54, 1.807) is 30.3 Å². The Morgan fingerprint density at radius 2 is 2.14 bits per heavy atom. The minimum Gasteiger partial charge on any atom is -0.374 e. The molecule has 1 aliphatic rings. The zero-order valence-electron chi connectivity index (χ0n) is 11.6. The molecule has 21 heavy (non-hydrogen) atoms. The smallest absolute Gasteiger partial charge is 0.275 e. The largest absolute Gasteiger partial charge is 0.374 e. The number of aromatic nitrogens is 2. The van der Waals surface area contributed by atoms with Crippen LogP contribution in [0.5, 0.6) is 0 Å². The Morgan fingerprint density at radius 3 is 2.86 bits per heavy atom. The Balaban J connectivity index is 1.77. The molecule has 2 aromatic rings. The molecule has 108 valence electrons. The van der Waals surface area contributed by atoms with E-state index in [4.69, 9.17) is 0 Å². The van der Waals surface area contributed by atoms with Crippen LogP contribution in [0, 0.1) is 0 Å². The summed E-state index contributed by atoms with van der Waals surface area (Å²) in [4.78, 5) is 18.2. The number of rotatable bonds is 3. The highest BCUT2D eigenvalue weighted by molar-refractivity contribution is 6.02. The van der Waals surface area contributed by atoms with Crippen LogP contribution in [-0.2, 0) is 6.67 Å². The van der Waals surface area contributed by atoms with Crippen LogP contribution in [0.1, 0.15) is 23.2 Å². The number of benzene rings is 1. The van der Waals surface area contributed by atoms with Crippen LogP contribution in [-0.4, -0.2) is 31.7 Å². The Kier molecular flexibility index (Phi) is 3.45. The number of carbonyl (C=O) groups excluding carboxylic acids is 1. The molecule has 0 radical (unpaired) electrons. The molecule has 0 fully saturated rings. The number of aliphatic hydroxyl groups is 1. The molecule has 0 bridgehead atoms. The molecule has 1 aromatic carbocycles. The highest BCUT2D eigenvalue weighted by atomic mass is 16.3. The van der Waals surface area contributed by atoms with Crippen molar-refractivity contribution in [1.29, 1.82) is 0 Å². The van der Waals surface area contributed by atoms with Gasteiger partial charge in [0.05, 0.1) is 6.67 Å². The van der Waals surface area contributed by atoms with Crippen LogP contribution in [0.15, 0.2) is 42.7 Å². The van der Waals surface area contributed by atoms with Gasteiger partial charge in [-0.2, -0.15) is 0 Å². The van der Waals surface area contributed by atoms with Crippen molar-refractivity contribution in [3.8, 4) is 0 Å². The standard InChI is InChI=1S/C15H16N4O2/c1-11(20)18-8-7-14-17-13(9-19(14)10-18)15(21)16-12-5-3-2-4-6-12/h2-9,11,20H,10H2,1H3,(H,16,21). The second-order valence-corrected chi connectivity index (χ2v) is 4.88. The predicted molar refractivity (Wildman–Crippen MR) is 79.2 cm³/mol. The maximum atomic E-state index is 12.2. The van der Waals surface area contributed by atoms with Crippen molar-refractivity contribution in [2.24, 2.45) is 0 Å². The van der Waals surface area contributed by atoms with E-state index in [1.807, 2.05) is 34.9 Å². The van der Waals surface area contributed by atoms with Crippen molar-refractivity contribution in [3.63, 3.8) is 0 Å². The van der Waals surface area contributed by atoms with Gasteiger partial charge in [0.25, 0.3) is 5.91 Å². The quantitative estimate of drug-likeness (QED) is 0.900. The van der Waals surface area contributed by atoms with Crippen molar-refractivity contribution in [2.75, 3.05) is 5.32 Å². The van der Waals surface area contributed by atoms with Crippen LogP contribution >= 0.6 is 0 Å². The second kappa shape index (κ2) is 5.41. The molecular weight excluding hydrogens is 268 g/mol. The molecule has 1 aliphatic heterocycles. The third-order valence-electron chi connectivity index (χ3n) is 3.28. The lowest BCUT2D eigenvalue weighted by molar-refractivity contribution is 0.0328. The summed E-state index contributed by atoms with van der Waals surface area (Å²) >= 11 is 0. The van der Waals surface area contributed by atoms with Gasteiger partial charge < -0.3 is 19.9 Å². The minimum atomic E-state index is -0.585. The van der Waals surface area contributed by atoms with Gasteiger partial charge in [-0.15, -0.1) is 0 Å². The van der Waals surface area contributed by atoms with E-state index in [0.717, 1.165) is 5.69 Å². The summed E-state index contributed by atoms with van der Waals surface area (Å²) in [6, 6.07) is 9.25. The van der Waals surface area contributed by atoms with Gasteiger partial charge in [-0.05, 0) is 25.1 Å². The fourth-order valence-electron chi connectivity index (χ4n) is 2.13. The van der Waals surface area contributed by atoms with Crippen LogP contribution in [0.4, 0.5) is 5.69 Å². The van der Waals surface area contributed by atoms with Gasteiger partial charge in [0, 0.05) is 18.1 Å². The summed E-state index contributed by atoms with van der Waals surface area (Å²) in [6.45, 7) is 2.16. The van der Waals surface area contributed by atoms with Gasteiger partial charge in [0.15, 0.2) is 0 Å². The summed E-state index contributed by atoms with van der Waals surface area (Å²) < 4.78 is 1.83. The zero-order chi connectivity index (χ0) is 14.8. The Hall–Kier alpha value is -2.60. The van der Waals surface area contributed by atoms with Crippen molar-refractivity contribution >= 4 is 17.7 Å². The number of carbonyl (C=O) groups is 1. The van der Waals surface area contributed by atoms with E-state index in [0.29, 0.717) is 18.2 Å².